The summed E-state index contributed by atoms with van der Waals surface area (Å²) in [5.41, 5.74) is 7.30. The minimum absolute atomic E-state index is 0.00296. The van der Waals surface area contributed by atoms with E-state index in [0.29, 0.717) is 5.02 Å². The summed E-state index contributed by atoms with van der Waals surface area (Å²) in [6.45, 7) is -0.00296. The van der Waals surface area contributed by atoms with Crippen molar-refractivity contribution in [1.29, 1.82) is 0 Å². The van der Waals surface area contributed by atoms with Crippen molar-refractivity contribution in [3.05, 3.63) is 28.1 Å². The molecule has 1 aromatic heterocycles. The predicted molar refractivity (Wildman–Crippen MR) is 57.2 cm³/mol. The van der Waals surface area contributed by atoms with E-state index in [1.54, 1.807) is 6.07 Å². The Balaban J connectivity index is 2.84. The van der Waals surface area contributed by atoms with Crippen LogP contribution >= 0.6 is 22.9 Å². The van der Waals surface area contributed by atoms with Crippen molar-refractivity contribution < 1.29 is 5.11 Å². The Hall–Kier alpha value is -0.770. The Labute approximate surface area is 84.6 Å². The van der Waals surface area contributed by atoms with E-state index >= 15 is 0 Å². The van der Waals surface area contributed by atoms with Gasteiger partial charge in [0, 0.05) is 20.5 Å². The summed E-state index contributed by atoms with van der Waals surface area (Å²) in [5.74, 6) is 0. The lowest BCUT2D eigenvalue weighted by atomic mass is 10.1. The molecule has 0 aliphatic heterocycles. The second-order valence-electron chi connectivity index (χ2n) is 2.79. The third kappa shape index (κ3) is 1.39. The Bertz CT molecular complexity index is 452. The summed E-state index contributed by atoms with van der Waals surface area (Å²) in [6.07, 6.45) is 0. The van der Waals surface area contributed by atoms with Gasteiger partial charge < -0.3 is 10.8 Å². The first kappa shape index (κ1) is 8.81. The lowest BCUT2D eigenvalue weighted by Crippen LogP contribution is -1.85. The highest BCUT2D eigenvalue weighted by molar-refractivity contribution is 7.18. The molecule has 0 spiro atoms. The summed E-state index contributed by atoms with van der Waals surface area (Å²) < 4.78 is 1.02. The van der Waals surface area contributed by atoms with E-state index in [0.717, 1.165) is 21.3 Å². The molecule has 0 aliphatic carbocycles. The van der Waals surface area contributed by atoms with Crippen LogP contribution in [0.25, 0.3) is 10.1 Å². The van der Waals surface area contributed by atoms with Crippen molar-refractivity contribution in [1.82, 2.24) is 0 Å². The van der Waals surface area contributed by atoms with Crippen LogP contribution in [0.1, 0.15) is 5.56 Å². The smallest absolute Gasteiger partial charge is 0.0696 e. The van der Waals surface area contributed by atoms with Crippen LogP contribution in [0.5, 0.6) is 0 Å². The number of benzene rings is 1. The molecule has 0 aliphatic rings. The molecular formula is C9H8ClNOS. The number of hydrogen-bond acceptors (Lipinski definition) is 3. The largest absolute Gasteiger partial charge is 0.398 e. The van der Waals surface area contributed by atoms with Crippen molar-refractivity contribution in [2.45, 2.75) is 6.61 Å². The fraction of sp³-hybridized carbons (Fsp3) is 0.111. The van der Waals surface area contributed by atoms with E-state index in [4.69, 9.17) is 22.4 Å². The number of hydrogen-bond donors (Lipinski definition) is 2. The van der Waals surface area contributed by atoms with Crippen molar-refractivity contribution >= 4 is 38.7 Å². The van der Waals surface area contributed by atoms with Crippen molar-refractivity contribution in [3.63, 3.8) is 0 Å². The topological polar surface area (TPSA) is 46.2 Å². The Morgan fingerprint density at radius 2 is 2.23 bits per heavy atom. The van der Waals surface area contributed by atoms with Gasteiger partial charge in [-0.25, -0.2) is 0 Å². The second kappa shape index (κ2) is 3.18. The molecule has 4 heteroatoms. The molecule has 0 unspecified atom stereocenters. The molecule has 1 heterocycles. The second-order valence-corrected chi connectivity index (χ2v) is 4.11. The molecule has 0 bridgehead atoms. The van der Waals surface area contributed by atoms with Gasteiger partial charge in [0.05, 0.1) is 12.3 Å². The zero-order valence-electron chi connectivity index (χ0n) is 6.75. The lowest BCUT2D eigenvalue weighted by Gasteiger charge is -2.00. The van der Waals surface area contributed by atoms with E-state index in [1.807, 2.05) is 11.4 Å². The number of thiophene rings is 1. The molecule has 2 rings (SSSR count). The van der Waals surface area contributed by atoms with E-state index < -0.39 is 0 Å². The minimum Gasteiger partial charge on any atom is -0.398 e. The highest BCUT2D eigenvalue weighted by Crippen LogP contribution is 2.33. The monoisotopic (exact) mass is 213 g/mol. The third-order valence-corrected chi connectivity index (χ3v) is 3.22. The quantitative estimate of drug-likeness (QED) is 0.765. The van der Waals surface area contributed by atoms with Gasteiger partial charge in [-0.2, -0.15) is 0 Å². The molecule has 1 aromatic carbocycles. The summed E-state index contributed by atoms with van der Waals surface area (Å²) in [6, 6.07) is 3.59. The average Bonchev–Trinajstić information content (AvgIpc) is 2.47. The van der Waals surface area contributed by atoms with Crippen LogP contribution in [0, 0.1) is 0 Å². The molecule has 0 amide bonds. The SMILES string of the molecule is Nc1csc2c(CO)cc(Cl)cc12. The molecule has 0 fully saturated rings. The van der Waals surface area contributed by atoms with Crippen LogP contribution < -0.4 is 5.73 Å². The predicted octanol–water partition coefficient (Wildman–Crippen LogP) is 2.63. The zero-order valence-corrected chi connectivity index (χ0v) is 8.32. The van der Waals surface area contributed by atoms with Gasteiger partial charge in [0.1, 0.15) is 0 Å². The van der Waals surface area contributed by atoms with Gasteiger partial charge in [0.2, 0.25) is 0 Å². The van der Waals surface area contributed by atoms with Gasteiger partial charge in [0.25, 0.3) is 0 Å². The van der Waals surface area contributed by atoms with Gasteiger partial charge in [-0.15, -0.1) is 11.3 Å². The van der Waals surface area contributed by atoms with E-state index in [1.165, 1.54) is 11.3 Å². The standard InChI is InChI=1S/C9H8ClNOS/c10-6-1-5(3-12)9-7(2-6)8(11)4-13-9/h1-2,4,12H,3,11H2. The van der Waals surface area contributed by atoms with Crippen LogP contribution in [0.15, 0.2) is 17.5 Å². The first-order valence-electron chi connectivity index (χ1n) is 3.78. The number of rotatable bonds is 1. The number of halogens is 1. The summed E-state index contributed by atoms with van der Waals surface area (Å²) >= 11 is 7.40. The van der Waals surface area contributed by atoms with Crippen molar-refractivity contribution in [3.8, 4) is 0 Å². The Morgan fingerprint density at radius 1 is 1.46 bits per heavy atom. The number of nitrogen functional groups attached to an aromatic ring is 1. The van der Waals surface area contributed by atoms with Crippen molar-refractivity contribution in [2.24, 2.45) is 0 Å². The van der Waals surface area contributed by atoms with Crippen molar-refractivity contribution in [2.75, 3.05) is 5.73 Å². The number of aliphatic hydroxyl groups is 1. The first-order chi connectivity index (χ1) is 6.22. The number of anilines is 1. The first-order valence-corrected chi connectivity index (χ1v) is 5.04. The minimum atomic E-state index is -0.00296. The molecule has 68 valence electrons. The summed E-state index contributed by atoms with van der Waals surface area (Å²) in [7, 11) is 0. The average molecular weight is 214 g/mol. The molecule has 0 saturated heterocycles. The van der Waals surface area contributed by atoms with E-state index in [-0.39, 0.29) is 6.61 Å². The van der Waals surface area contributed by atoms with Crippen LogP contribution in [-0.4, -0.2) is 5.11 Å². The molecule has 0 saturated carbocycles. The van der Waals surface area contributed by atoms with Crippen LogP contribution in [0.3, 0.4) is 0 Å². The van der Waals surface area contributed by atoms with Gasteiger partial charge >= 0.3 is 0 Å². The Kier molecular flexibility index (Phi) is 2.15. The van der Waals surface area contributed by atoms with Crippen LogP contribution in [0.4, 0.5) is 5.69 Å². The summed E-state index contributed by atoms with van der Waals surface area (Å²) in [5, 5.41) is 12.5. The number of fused-ring (bicyclic) bond motifs is 1. The van der Waals surface area contributed by atoms with Gasteiger partial charge in [0.15, 0.2) is 0 Å². The van der Waals surface area contributed by atoms with Gasteiger partial charge in [-0.3, -0.25) is 0 Å². The van der Waals surface area contributed by atoms with E-state index in [9.17, 15) is 0 Å². The molecule has 0 radical (unpaired) electrons. The lowest BCUT2D eigenvalue weighted by molar-refractivity contribution is 0.283. The van der Waals surface area contributed by atoms with Gasteiger partial charge in [-0.1, -0.05) is 11.6 Å². The molecule has 3 N–H and O–H groups in total. The summed E-state index contributed by atoms with van der Waals surface area (Å²) in [4.78, 5) is 0. The zero-order chi connectivity index (χ0) is 9.42. The number of nitrogens with two attached hydrogens (primary N) is 1. The normalized spacial score (nSPS) is 10.9. The van der Waals surface area contributed by atoms with Crippen LogP contribution in [-0.2, 0) is 6.61 Å². The maximum Gasteiger partial charge on any atom is 0.0696 e. The fourth-order valence-electron chi connectivity index (χ4n) is 1.31. The van der Waals surface area contributed by atoms with Gasteiger partial charge in [-0.05, 0) is 17.7 Å². The molecule has 13 heavy (non-hydrogen) atoms. The highest BCUT2D eigenvalue weighted by Gasteiger charge is 2.06. The molecule has 2 nitrogen and oxygen atoms in total. The molecule has 2 aromatic rings. The number of aliphatic hydroxyl groups excluding tert-OH is 1. The molecular weight excluding hydrogens is 206 g/mol. The molecule has 0 atom stereocenters. The fourth-order valence-corrected chi connectivity index (χ4v) is 2.50. The highest BCUT2D eigenvalue weighted by atomic mass is 35.5. The third-order valence-electron chi connectivity index (χ3n) is 1.92. The maximum absolute atomic E-state index is 9.08. The maximum atomic E-state index is 9.08. The van der Waals surface area contributed by atoms with Crippen LogP contribution in [0.2, 0.25) is 5.02 Å². The Morgan fingerprint density at radius 3 is 2.92 bits per heavy atom. The van der Waals surface area contributed by atoms with E-state index in [2.05, 4.69) is 0 Å².